The van der Waals surface area contributed by atoms with E-state index in [0.717, 1.165) is 0 Å². The molecule has 0 saturated carbocycles. The van der Waals surface area contributed by atoms with Crippen LogP contribution in [0.5, 0.6) is 11.5 Å². The van der Waals surface area contributed by atoms with Crippen LogP contribution in [0.15, 0.2) is 16.9 Å². The highest BCUT2D eigenvalue weighted by atomic mass is 35.5. The van der Waals surface area contributed by atoms with Crippen molar-refractivity contribution in [2.45, 2.75) is 0 Å². The van der Waals surface area contributed by atoms with Gasteiger partial charge < -0.3 is 14.2 Å². The molecule has 0 unspecified atom stereocenters. The van der Waals surface area contributed by atoms with E-state index in [-0.39, 0.29) is 10.8 Å². The van der Waals surface area contributed by atoms with Crippen LogP contribution in [0.1, 0.15) is 0 Å². The predicted molar refractivity (Wildman–Crippen MR) is 71.3 cm³/mol. The van der Waals surface area contributed by atoms with E-state index < -0.39 is 0 Å². The Morgan fingerprint density at radius 2 is 2.11 bits per heavy atom. The number of fused-ring (bicyclic) bond motifs is 1. The van der Waals surface area contributed by atoms with Crippen molar-refractivity contribution >= 4 is 22.5 Å². The van der Waals surface area contributed by atoms with Crippen molar-refractivity contribution in [1.82, 2.24) is 9.97 Å². The maximum atomic E-state index is 11.9. The third kappa shape index (κ3) is 2.97. The molecule has 6 nitrogen and oxygen atoms in total. The molecular weight excluding hydrogens is 272 g/mol. The molecule has 1 N–H and O–H groups in total. The molecule has 0 aliphatic heterocycles. The number of H-pyrrole nitrogens is 1. The molecule has 0 saturated heterocycles. The third-order valence-electron chi connectivity index (χ3n) is 2.50. The minimum absolute atomic E-state index is 0.0218. The molecule has 0 fully saturated rings. The molecule has 0 atom stereocenters. The van der Waals surface area contributed by atoms with Crippen molar-refractivity contribution in [1.29, 1.82) is 0 Å². The maximum absolute atomic E-state index is 11.9. The predicted octanol–water partition coefficient (Wildman–Crippen LogP) is 1.61. The van der Waals surface area contributed by atoms with E-state index in [1.54, 1.807) is 19.2 Å². The molecule has 2 rings (SSSR count). The second-order valence-electron chi connectivity index (χ2n) is 3.72. The van der Waals surface area contributed by atoms with Crippen LogP contribution in [0, 0.1) is 0 Å². The average molecular weight is 285 g/mol. The van der Waals surface area contributed by atoms with Gasteiger partial charge in [-0.25, -0.2) is 4.98 Å². The van der Waals surface area contributed by atoms with Crippen molar-refractivity contribution in [3.63, 3.8) is 0 Å². The first-order chi connectivity index (χ1) is 9.15. The summed E-state index contributed by atoms with van der Waals surface area (Å²) >= 11 is 5.73. The van der Waals surface area contributed by atoms with Gasteiger partial charge in [-0.3, -0.25) is 9.78 Å². The van der Waals surface area contributed by atoms with Crippen molar-refractivity contribution in [2.75, 3.05) is 27.4 Å². The molecule has 1 aromatic heterocycles. The topological polar surface area (TPSA) is 73.4 Å². The van der Waals surface area contributed by atoms with E-state index >= 15 is 0 Å². The van der Waals surface area contributed by atoms with Gasteiger partial charge >= 0.3 is 0 Å². The van der Waals surface area contributed by atoms with E-state index in [2.05, 4.69) is 9.97 Å². The number of hydrogen-bond acceptors (Lipinski definition) is 5. The summed E-state index contributed by atoms with van der Waals surface area (Å²) in [5.41, 5.74) is 0.0607. The fourth-order valence-electron chi connectivity index (χ4n) is 1.65. The fraction of sp³-hybridized carbons (Fsp3) is 0.333. The fourth-order valence-corrected chi connectivity index (χ4v) is 1.83. The highest BCUT2D eigenvalue weighted by Crippen LogP contribution is 2.28. The molecule has 0 radical (unpaired) electrons. The van der Waals surface area contributed by atoms with Crippen molar-refractivity contribution in [3.8, 4) is 11.5 Å². The van der Waals surface area contributed by atoms with Crippen LogP contribution in [-0.2, 0) is 4.74 Å². The lowest BCUT2D eigenvalue weighted by atomic mass is 10.2. The van der Waals surface area contributed by atoms with Gasteiger partial charge in [-0.1, -0.05) is 0 Å². The summed E-state index contributed by atoms with van der Waals surface area (Å²) in [7, 11) is 3.09. The number of rotatable bonds is 5. The lowest BCUT2D eigenvalue weighted by Gasteiger charge is -2.10. The molecule has 0 amide bonds. The van der Waals surface area contributed by atoms with Gasteiger partial charge in [0.2, 0.25) is 5.28 Å². The average Bonchev–Trinajstić information content (AvgIpc) is 2.37. The summed E-state index contributed by atoms with van der Waals surface area (Å²) < 4.78 is 15.6. The number of nitrogens with zero attached hydrogens (tertiary/aromatic N) is 1. The molecule has 1 heterocycles. The van der Waals surface area contributed by atoms with Gasteiger partial charge in [-0.15, -0.1) is 0 Å². The summed E-state index contributed by atoms with van der Waals surface area (Å²) in [5.74, 6) is 0.922. The first kappa shape index (κ1) is 13.6. The highest BCUT2D eigenvalue weighted by molar-refractivity contribution is 6.28. The summed E-state index contributed by atoms with van der Waals surface area (Å²) in [5, 5.41) is 0.356. The van der Waals surface area contributed by atoms with Crippen molar-refractivity contribution in [2.24, 2.45) is 0 Å². The molecule has 0 aliphatic rings. The Labute approximate surface area is 114 Å². The van der Waals surface area contributed by atoms with E-state index in [1.165, 1.54) is 7.11 Å². The molecule has 7 heteroatoms. The molecule has 19 heavy (non-hydrogen) atoms. The molecule has 0 aliphatic carbocycles. The largest absolute Gasteiger partial charge is 0.497 e. The molecule has 1 aromatic carbocycles. The van der Waals surface area contributed by atoms with Gasteiger partial charge in [0.25, 0.3) is 5.56 Å². The Bertz CT molecular complexity index is 641. The second kappa shape index (κ2) is 5.90. The van der Waals surface area contributed by atoms with Crippen LogP contribution in [-0.4, -0.2) is 37.4 Å². The number of hydrogen-bond donors (Lipinski definition) is 1. The van der Waals surface area contributed by atoms with E-state index in [1.807, 2.05) is 0 Å². The lowest BCUT2D eigenvalue weighted by molar-refractivity contribution is 0.147. The third-order valence-corrected chi connectivity index (χ3v) is 2.68. The Morgan fingerprint density at radius 1 is 1.32 bits per heavy atom. The van der Waals surface area contributed by atoms with E-state index in [4.69, 9.17) is 25.8 Å². The Hall–Kier alpha value is -1.79. The van der Waals surface area contributed by atoms with E-state index in [9.17, 15) is 4.79 Å². The van der Waals surface area contributed by atoms with Crippen LogP contribution in [0.3, 0.4) is 0 Å². The summed E-state index contributed by atoms with van der Waals surface area (Å²) in [6, 6.07) is 3.25. The number of ether oxygens (including phenoxy) is 3. The molecule has 102 valence electrons. The van der Waals surface area contributed by atoms with Gasteiger partial charge in [0.1, 0.15) is 23.5 Å². The van der Waals surface area contributed by atoms with E-state index in [0.29, 0.717) is 35.6 Å². The molecule has 0 bridgehead atoms. The standard InChI is InChI=1S/C12H13ClN2O4/c1-17-3-4-19-9-6-7(18-2)5-8-10(9)11(16)15-12(13)14-8/h5-6H,3-4H2,1-2H3,(H,14,15,16). The molecule has 2 aromatic rings. The first-order valence-electron chi connectivity index (χ1n) is 5.55. The molecule has 0 spiro atoms. The summed E-state index contributed by atoms with van der Waals surface area (Å²) in [6.07, 6.45) is 0. The lowest BCUT2D eigenvalue weighted by Crippen LogP contribution is -2.12. The first-order valence-corrected chi connectivity index (χ1v) is 5.93. The number of aromatic amines is 1. The number of nitrogens with one attached hydrogen (secondary N) is 1. The van der Waals surface area contributed by atoms with Gasteiger partial charge in [-0.2, -0.15) is 0 Å². The van der Waals surface area contributed by atoms with Gasteiger partial charge in [0, 0.05) is 19.2 Å². The number of benzene rings is 1. The van der Waals surface area contributed by atoms with Crippen LogP contribution in [0.25, 0.3) is 10.9 Å². The maximum Gasteiger partial charge on any atom is 0.263 e. The van der Waals surface area contributed by atoms with Crippen LogP contribution in [0.4, 0.5) is 0 Å². The number of methoxy groups -OCH3 is 2. The summed E-state index contributed by atoms with van der Waals surface area (Å²) in [4.78, 5) is 18.4. The quantitative estimate of drug-likeness (QED) is 0.667. The molecular formula is C12H13ClN2O4. The zero-order valence-corrected chi connectivity index (χ0v) is 11.3. The normalized spacial score (nSPS) is 10.7. The van der Waals surface area contributed by atoms with Gasteiger partial charge in [0.15, 0.2) is 0 Å². The van der Waals surface area contributed by atoms with Crippen molar-refractivity contribution in [3.05, 3.63) is 27.8 Å². The highest BCUT2D eigenvalue weighted by Gasteiger charge is 2.12. The van der Waals surface area contributed by atoms with Crippen LogP contribution < -0.4 is 15.0 Å². The smallest absolute Gasteiger partial charge is 0.263 e. The van der Waals surface area contributed by atoms with Crippen molar-refractivity contribution < 1.29 is 14.2 Å². The summed E-state index contributed by atoms with van der Waals surface area (Å²) in [6.45, 7) is 0.735. The van der Waals surface area contributed by atoms with Gasteiger partial charge in [-0.05, 0) is 11.6 Å². The Kier molecular flexibility index (Phi) is 4.24. The number of halogens is 1. The minimum atomic E-state index is -0.356. The zero-order chi connectivity index (χ0) is 13.8. The SMILES string of the molecule is COCCOc1cc(OC)cc2nc(Cl)[nH]c(=O)c12. The van der Waals surface area contributed by atoms with Crippen LogP contribution >= 0.6 is 11.6 Å². The monoisotopic (exact) mass is 284 g/mol. The zero-order valence-electron chi connectivity index (χ0n) is 10.5. The minimum Gasteiger partial charge on any atom is -0.497 e. The Morgan fingerprint density at radius 3 is 2.79 bits per heavy atom. The van der Waals surface area contributed by atoms with Gasteiger partial charge in [0.05, 0.1) is 19.2 Å². The Balaban J connectivity index is 2.55. The van der Waals surface area contributed by atoms with Crippen LogP contribution in [0.2, 0.25) is 5.28 Å². The number of aromatic nitrogens is 2. The second-order valence-corrected chi connectivity index (χ2v) is 4.08.